The maximum Gasteiger partial charge on any atom is 0.0573 e. The Hall–Kier alpha value is -1.82. The van der Waals surface area contributed by atoms with Crippen LogP contribution in [0, 0.1) is 0 Å². The van der Waals surface area contributed by atoms with Gasteiger partial charge in [0.15, 0.2) is 0 Å². The summed E-state index contributed by atoms with van der Waals surface area (Å²) in [6.45, 7) is 1.21. The molecular formula is C16H23N5. The zero-order chi connectivity index (χ0) is 14.9. The Morgan fingerprint density at radius 3 is 1.62 bits per heavy atom. The van der Waals surface area contributed by atoms with Crippen LogP contribution in [0.2, 0.25) is 0 Å². The van der Waals surface area contributed by atoms with Crippen LogP contribution >= 0.6 is 0 Å². The smallest absolute Gasteiger partial charge is 0.0573 e. The van der Waals surface area contributed by atoms with Gasteiger partial charge >= 0.3 is 0 Å². The van der Waals surface area contributed by atoms with Crippen LogP contribution in [-0.2, 0) is 0 Å². The second-order valence-corrected chi connectivity index (χ2v) is 4.94. The molecular weight excluding hydrogens is 262 g/mol. The van der Waals surface area contributed by atoms with E-state index in [4.69, 9.17) is 11.5 Å². The zero-order valence-electron chi connectivity index (χ0n) is 12.2. The molecule has 0 spiro atoms. The van der Waals surface area contributed by atoms with E-state index >= 15 is 0 Å². The minimum atomic E-state index is 0.106. The first-order valence-corrected chi connectivity index (χ1v) is 7.33. The Morgan fingerprint density at radius 2 is 1.29 bits per heavy atom. The Labute approximate surface area is 125 Å². The van der Waals surface area contributed by atoms with Gasteiger partial charge in [-0.05, 0) is 50.2 Å². The SMILES string of the molecule is NCCC(NC(CCN)c1ccccn1)c1ccccn1. The molecule has 112 valence electrons. The first kappa shape index (κ1) is 15.6. The molecule has 21 heavy (non-hydrogen) atoms. The van der Waals surface area contributed by atoms with Crippen LogP contribution in [0.15, 0.2) is 48.8 Å². The van der Waals surface area contributed by atoms with Crippen molar-refractivity contribution in [3.8, 4) is 0 Å². The number of nitrogens with two attached hydrogens (primary N) is 2. The second kappa shape index (κ2) is 8.46. The molecule has 2 rings (SSSR count). The topological polar surface area (TPSA) is 89.8 Å². The Balaban J connectivity index is 2.16. The number of nitrogens with one attached hydrogen (secondary N) is 1. The lowest BCUT2D eigenvalue weighted by Crippen LogP contribution is -2.30. The predicted molar refractivity (Wildman–Crippen MR) is 84.4 cm³/mol. The molecule has 0 saturated carbocycles. The van der Waals surface area contributed by atoms with Gasteiger partial charge in [0.2, 0.25) is 0 Å². The normalized spacial score (nSPS) is 13.8. The highest BCUT2D eigenvalue weighted by Gasteiger charge is 2.19. The van der Waals surface area contributed by atoms with Gasteiger partial charge in [-0.1, -0.05) is 12.1 Å². The molecule has 0 bridgehead atoms. The standard InChI is InChI=1S/C16H23N5/c17-9-7-15(13-5-1-3-11-19-13)21-16(8-10-18)14-6-2-4-12-20-14/h1-6,11-12,15-16,21H,7-10,17-18H2. The monoisotopic (exact) mass is 285 g/mol. The summed E-state index contributed by atoms with van der Waals surface area (Å²) < 4.78 is 0. The molecule has 0 amide bonds. The third-order valence-corrected chi connectivity index (χ3v) is 3.40. The Bertz CT molecular complexity index is 455. The van der Waals surface area contributed by atoms with Crippen LogP contribution in [0.4, 0.5) is 0 Å². The van der Waals surface area contributed by atoms with Gasteiger partial charge in [-0.15, -0.1) is 0 Å². The van der Waals surface area contributed by atoms with E-state index < -0.39 is 0 Å². The molecule has 2 aromatic heterocycles. The highest BCUT2D eigenvalue weighted by molar-refractivity contribution is 5.13. The fourth-order valence-electron chi connectivity index (χ4n) is 2.37. The van der Waals surface area contributed by atoms with Crippen molar-refractivity contribution < 1.29 is 0 Å². The summed E-state index contributed by atoms with van der Waals surface area (Å²) in [6, 6.07) is 12.1. The number of hydrogen-bond acceptors (Lipinski definition) is 5. The molecule has 0 radical (unpaired) electrons. The molecule has 2 aromatic rings. The maximum atomic E-state index is 5.75. The van der Waals surface area contributed by atoms with E-state index in [2.05, 4.69) is 15.3 Å². The number of aromatic nitrogens is 2. The highest BCUT2D eigenvalue weighted by Crippen LogP contribution is 2.21. The molecule has 0 aliphatic rings. The zero-order valence-corrected chi connectivity index (χ0v) is 12.2. The first-order valence-electron chi connectivity index (χ1n) is 7.33. The van der Waals surface area contributed by atoms with Crippen LogP contribution < -0.4 is 16.8 Å². The van der Waals surface area contributed by atoms with E-state index in [9.17, 15) is 0 Å². The van der Waals surface area contributed by atoms with Gasteiger partial charge < -0.3 is 16.8 Å². The Morgan fingerprint density at radius 1 is 0.810 bits per heavy atom. The van der Waals surface area contributed by atoms with Crippen LogP contribution in [0.1, 0.15) is 36.3 Å². The molecule has 2 heterocycles. The number of hydrogen-bond donors (Lipinski definition) is 3. The average molecular weight is 285 g/mol. The highest BCUT2D eigenvalue weighted by atomic mass is 15.0. The number of pyridine rings is 2. The predicted octanol–water partition coefficient (Wildman–Crippen LogP) is 1.55. The quantitative estimate of drug-likeness (QED) is 0.684. The van der Waals surface area contributed by atoms with E-state index in [1.807, 2.05) is 36.4 Å². The van der Waals surface area contributed by atoms with E-state index in [1.165, 1.54) is 0 Å². The van der Waals surface area contributed by atoms with Crippen molar-refractivity contribution in [1.29, 1.82) is 0 Å². The summed E-state index contributed by atoms with van der Waals surface area (Å²) in [5.74, 6) is 0. The van der Waals surface area contributed by atoms with Crippen molar-refractivity contribution in [2.45, 2.75) is 24.9 Å². The number of nitrogens with zero attached hydrogens (tertiary/aromatic N) is 2. The van der Waals surface area contributed by atoms with Gasteiger partial charge in [0.25, 0.3) is 0 Å². The third kappa shape index (κ3) is 4.60. The fourth-order valence-corrected chi connectivity index (χ4v) is 2.37. The molecule has 5 nitrogen and oxygen atoms in total. The van der Waals surface area contributed by atoms with Crippen LogP contribution in [0.3, 0.4) is 0 Å². The molecule has 0 aliphatic carbocycles. The summed E-state index contributed by atoms with van der Waals surface area (Å²) in [5.41, 5.74) is 13.5. The second-order valence-electron chi connectivity index (χ2n) is 4.94. The lowest BCUT2D eigenvalue weighted by molar-refractivity contribution is 0.400. The van der Waals surface area contributed by atoms with Crippen LogP contribution in [-0.4, -0.2) is 23.1 Å². The van der Waals surface area contributed by atoms with Crippen molar-refractivity contribution >= 4 is 0 Å². The third-order valence-electron chi connectivity index (χ3n) is 3.40. The summed E-state index contributed by atoms with van der Waals surface area (Å²) in [7, 11) is 0. The molecule has 0 aromatic carbocycles. The van der Waals surface area contributed by atoms with Gasteiger partial charge in [-0.2, -0.15) is 0 Å². The van der Waals surface area contributed by atoms with E-state index in [0.29, 0.717) is 13.1 Å². The minimum absolute atomic E-state index is 0.106. The van der Waals surface area contributed by atoms with Gasteiger partial charge in [-0.25, -0.2) is 0 Å². The van der Waals surface area contributed by atoms with E-state index in [0.717, 1.165) is 24.2 Å². The van der Waals surface area contributed by atoms with Gasteiger partial charge in [0.1, 0.15) is 0 Å². The van der Waals surface area contributed by atoms with Crippen molar-refractivity contribution in [1.82, 2.24) is 15.3 Å². The fraction of sp³-hybridized carbons (Fsp3) is 0.375. The average Bonchev–Trinajstić information content (AvgIpc) is 2.55. The van der Waals surface area contributed by atoms with Crippen LogP contribution in [0.5, 0.6) is 0 Å². The molecule has 5 N–H and O–H groups in total. The molecule has 2 unspecified atom stereocenters. The summed E-state index contributed by atoms with van der Waals surface area (Å²) in [5, 5.41) is 3.60. The summed E-state index contributed by atoms with van der Waals surface area (Å²) in [4.78, 5) is 8.87. The van der Waals surface area contributed by atoms with Crippen molar-refractivity contribution in [3.63, 3.8) is 0 Å². The van der Waals surface area contributed by atoms with Crippen molar-refractivity contribution in [3.05, 3.63) is 60.2 Å². The number of rotatable bonds is 8. The van der Waals surface area contributed by atoms with Crippen molar-refractivity contribution in [2.75, 3.05) is 13.1 Å². The largest absolute Gasteiger partial charge is 0.330 e. The summed E-state index contributed by atoms with van der Waals surface area (Å²) >= 11 is 0. The lowest BCUT2D eigenvalue weighted by atomic mass is 10.0. The Kier molecular flexibility index (Phi) is 6.27. The van der Waals surface area contributed by atoms with E-state index in [-0.39, 0.29) is 12.1 Å². The molecule has 2 atom stereocenters. The van der Waals surface area contributed by atoms with Gasteiger partial charge in [0, 0.05) is 12.4 Å². The maximum absolute atomic E-state index is 5.75. The van der Waals surface area contributed by atoms with Crippen LogP contribution in [0.25, 0.3) is 0 Å². The molecule has 0 fully saturated rings. The minimum Gasteiger partial charge on any atom is -0.330 e. The molecule has 0 aliphatic heterocycles. The van der Waals surface area contributed by atoms with E-state index in [1.54, 1.807) is 12.4 Å². The first-order chi connectivity index (χ1) is 10.3. The van der Waals surface area contributed by atoms with Gasteiger partial charge in [-0.3, -0.25) is 9.97 Å². The van der Waals surface area contributed by atoms with Crippen molar-refractivity contribution in [2.24, 2.45) is 11.5 Å². The molecule has 0 saturated heterocycles. The van der Waals surface area contributed by atoms with Gasteiger partial charge in [0.05, 0.1) is 23.5 Å². The lowest BCUT2D eigenvalue weighted by Gasteiger charge is -2.25. The summed E-state index contributed by atoms with van der Waals surface area (Å²) in [6.07, 6.45) is 5.26. The molecule has 5 heteroatoms.